The van der Waals surface area contributed by atoms with Gasteiger partial charge >= 0.3 is 0 Å². The van der Waals surface area contributed by atoms with Crippen molar-refractivity contribution in [1.82, 2.24) is 9.88 Å². The van der Waals surface area contributed by atoms with Crippen LogP contribution < -0.4 is 4.90 Å². The number of amides is 1. The van der Waals surface area contributed by atoms with Crippen LogP contribution in [0.5, 0.6) is 0 Å². The van der Waals surface area contributed by atoms with Gasteiger partial charge in [0.2, 0.25) is 5.91 Å². The zero-order valence-electron chi connectivity index (χ0n) is 16.5. The van der Waals surface area contributed by atoms with Gasteiger partial charge in [-0.2, -0.15) is 0 Å². The highest BCUT2D eigenvalue weighted by Crippen LogP contribution is 2.29. The molecule has 156 valence electrons. The highest BCUT2D eigenvalue weighted by atomic mass is 35.5. The Morgan fingerprint density at radius 2 is 1.83 bits per heavy atom. The van der Waals surface area contributed by atoms with E-state index < -0.39 is 0 Å². The number of hydrogen-bond donors (Lipinski definition) is 0. The Bertz CT molecular complexity index is 885. The molecule has 0 fully saturated rings. The quantitative estimate of drug-likeness (QED) is 0.410. The fourth-order valence-corrected chi connectivity index (χ4v) is 4.62. The van der Waals surface area contributed by atoms with E-state index in [0.29, 0.717) is 18.7 Å². The number of fused-ring (bicyclic) bond motifs is 1. The minimum absolute atomic E-state index is 0. The normalized spacial score (nSPS) is 10.9. The molecule has 3 rings (SSSR count). The van der Waals surface area contributed by atoms with Crippen LogP contribution in [0.4, 0.5) is 9.52 Å². The summed E-state index contributed by atoms with van der Waals surface area (Å²) in [4.78, 5) is 22.5. The second kappa shape index (κ2) is 11.5. The molecule has 1 amide bonds. The van der Waals surface area contributed by atoms with Gasteiger partial charge in [-0.25, -0.2) is 9.37 Å². The van der Waals surface area contributed by atoms with Gasteiger partial charge < -0.3 is 4.90 Å². The first-order valence-corrected chi connectivity index (χ1v) is 11.0. The molecule has 1 heterocycles. The van der Waals surface area contributed by atoms with E-state index in [1.54, 1.807) is 35.2 Å². The summed E-state index contributed by atoms with van der Waals surface area (Å²) < 4.78 is 14.1. The van der Waals surface area contributed by atoms with Crippen LogP contribution >= 0.6 is 35.5 Å². The predicted octanol–water partition coefficient (Wildman–Crippen LogP) is 5.32. The van der Waals surface area contributed by atoms with Gasteiger partial charge in [-0.3, -0.25) is 9.69 Å². The van der Waals surface area contributed by atoms with Crippen LogP contribution in [0.25, 0.3) is 10.2 Å². The summed E-state index contributed by atoms with van der Waals surface area (Å²) in [5.74, 6) is 0.482. The molecule has 0 unspecified atom stereocenters. The van der Waals surface area contributed by atoms with Crippen molar-refractivity contribution in [2.75, 3.05) is 37.8 Å². The highest BCUT2D eigenvalue weighted by Gasteiger charge is 2.19. The third kappa shape index (κ3) is 6.96. The lowest BCUT2D eigenvalue weighted by Gasteiger charge is -2.21. The molecule has 2 aromatic carbocycles. The van der Waals surface area contributed by atoms with E-state index in [-0.39, 0.29) is 24.1 Å². The van der Waals surface area contributed by atoms with E-state index in [9.17, 15) is 9.18 Å². The molecule has 0 N–H and O–H groups in total. The van der Waals surface area contributed by atoms with Gasteiger partial charge in [0, 0.05) is 23.6 Å². The maximum absolute atomic E-state index is 13.0. The molecule has 0 atom stereocenters. The number of nitrogens with zero attached hydrogens (tertiary/aromatic N) is 3. The van der Waals surface area contributed by atoms with Crippen LogP contribution in [-0.4, -0.2) is 48.7 Å². The number of para-hydroxylation sites is 1. The minimum atomic E-state index is -0.247. The Labute approximate surface area is 185 Å². The largest absolute Gasteiger partial charge is 0.309 e. The summed E-state index contributed by atoms with van der Waals surface area (Å²) >= 11 is 3.12. The molecule has 0 saturated heterocycles. The van der Waals surface area contributed by atoms with Crippen molar-refractivity contribution >= 4 is 56.8 Å². The fourth-order valence-electron chi connectivity index (χ4n) is 2.77. The first-order valence-electron chi connectivity index (χ1n) is 9.22. The van der Waals surface area contributed by atoms with Gasteiger partial charge in [-0.05, 0) is 63.5 Å². The minimum Gasteiger partial charge on any atom is -0.309 e. The zero-order valence-corrected chi connectivity index (χ0v) is 19.0. The summed E-state index contributed by atoms with van der Waals surface area (Å²) in [6.45, 7) is 1.57. The summed E-state index contributed by atoms with van der Waals surface area (Å²) in [6, 6.07) is 14.3. The van der Waals surface area contributed by atoms with Gasteiger partial charge in [-0.1, -0.05) is 23.5 Å². The van der Waals surface area contributed by atoms with Gasteiger partial charge in [0.1, 0.15) is 5.82 Å². The average molecular weight is 454 g/mol. The third-order valence-corrected chi connectivity index (χ3v) is 6.27. The van der Waals surface area contributed by atoms with Crippen molar-refractivity contribution in [3.8, 4) is 0 Å². The predicted molar refractivity (Wildman–Crippen MR) is 124 cm³/mol. The van der Waals surface area contributed by atoms with Crippen molar-refractivity contribution in [3.05, 3.63) is 54.3 Å². The lowest BCUT2D eigenvalue weighted by molar-refractivity contribution is -0.118. The second-order valence-electron chi connectivity index (χ2n) is 6.72. The molecule has 3 aromatic rings. The van der Waals surface area contributed by atoms with Crippen LogP contribution in [-0.2, 0) is 4.79 Å². The number of benzene rings is 2. The van der Waals surface area contributed by atoms with E-state index >= 15 is 0 Å². The lowest BCUT2D eigenvalue weighted by Crippen LogP contribution is -2.33. The Morgan fingerprint density at radius 3 is 2.52 bits per heavy atom. The number of carbonyl (C=O) groups excluding carboxylic acids is 1. The number of rotatable bonds is 9. The topological polar surface area (TPSA) is 36.4 Å². The number of thioether (sulfide) groups is 1. The van der Waals surface area contributed by atoms with Crippen LogP contribution in [0.3, 0.4) is 0 Å². The van der Waals surface area contributed by atoms with Crippen LogP contribution in [0.1, 0.15) is 12.8 Å². The van der Waals surface area contributed by atoms with Gasteiger partial charge in [0.05, 0.1) is 10.2 Å². The molecule has 0 bridgehead atoms. The van der Waals surface area contributed by atoms with E-state index in [2.05, 4.69) is 9.88 Å². The monoisotopic (exact) mass is 453 g/mol. The zero-order chi connectivity index (χ0) is 19.9. The molecule has 1 aromatic heterocycles. The van der Waals surface area contributed by atoms with Gasteiger partial charge in [0.25, 0.3) is 0 Å². The molecule has 0 saturated carbocycles. The standard InChI is InChI=1S/C21H24FN3OS2.ClH/c1-24(2)13-5-14-25(21-23-18-6-3-4-7-19(18)28-21)20(26)12-15-27-17-10-8-16(22)9-11-17;/h3-4,6-11H,5,12-15H2,1-2H3;1H. The van der Waals surface area contributed by atoms with Crippen molar-refractivity contribution in [3.63, 3.8) is 0 Å². The lowest BCUT2D eigenvalue weighted by atomic mass is 10.3. The third-order valence-electron chi connectivity index (χ3n) is 4.20. The average Bonchev–Trinajstić information content (AvgIpc) is 3.10. The summed E-state index contributed by atoms with van der Waals surface area (Å²) in [5.41, 5.74) is 0.925. The molecule has 0 aliphatic heterocycles. The number of aromatic nitrogens is 1. The first kappa shape index (κ1) is 23.6. The molecule has 0 radical (unpaired) electrons. The Kier molecular flexibility index (Phi) is 9.36. The van der Waals surface area contributed by atoms with Crippen LogP contribution in [0.2, 0.25) is 0 Å². The Morgan fingerprint density at radius 1 is 1.10 bits per heavy atom. The van der Waals surface area contributed by atoms with Crippen LogP contribution in [0, 0.1) is 5.82 Å². The molecule has 0 spiro atoms. The first-order chi connectivity index (χ1) is 13.5. The maximum Gasteiger partial charge on any atom is 0.229 e. The number of halogens is 2. The van der Waals surface area contributed by atoms with E-state index in [1.807, 2.05) is 43.3 Å². The molecular formula is C21H25ClFN3OS2. The fraction of sp³-hybridized carbons (Fsp3) is 0.333. The van der Waals surface area contributed by atoms with E-state index in [1.165, 1.54) is 12.1 Å². The van der Waals surface area contributed by atoms with Crippen LogP contribution in [0.15, 0.2) is 53.4 Å². The van der Waals surface area contributed by atoms with E-state index in [0.717, 1.165) is 33.2 Å². The smallest absolute Gasteiger partial charge is 0.229 e. The number of carbonyl (C=O) groups is 1. The molecular weight excluding hydrogens is 429 g/mol. The Hall–Kier alpha value is -1.67. The van der Waals surface area contributed by atoms with Crippen molar-refractivity contribution in [2.24, 2.45) is 0 Å². The van der Waals surface area contributed by atoms with Gasteiger partial charge in [0.15, 0.2) is 5.13 Å². The number of thiazole rings is 1. The number of hydrogen-bond acceptors (Lipinski definition) is 5. The summed E-state index contributed by atoms with van der Waals surface area (Å²) in [7, 11) is 4.06. The summed E-state index contributed by atoms with van der Waals surface area (Å²) in [5, 5.41) is 0.761. The van der Waals surface area contributed by atoms with Crippen molar-refractivity contribution < 1.29 is 9.18 Å². The summed E-state index contributed by atoms with van der Waals surface area (Å²) in [6.07, 6.45) is 1.31. The van der Waals surface area contributed by atoms with E-state index in [4.69, 9.17) is 0 Å². The molecule has 0 aliphatic carbocycles. The molecule has 4 nitrogen and oxygen atoms in total. The number of anilines is 1. The van der Waals surface area contributed by atoms with Gasteiger partial charge in [-0.15, -0.1) is 24.2 Å². The molecule has 0 aliphatic rings. The Balaban J connectivity index is 0.00000300. The van der Waals surface area contributed by atoms with Crippen molar-refractivity contribution in [1.29, 1.82) is 0 Å². The molecule has 29 heavy (non-hydrogen) atoms. The highest BCUT2D eigenvalue weighted by molar-refractivity contribution is 7.99. The SMILES string of the molecule is CN(C)CCCN(C(=O)CCSc1ccc(F)cc1)c1nc2ccccc2s1.Cl. The molecule has 8 heteroatoms. The van der Waals surface area contributed by atoms with Crippen molar-refractivity contribution in [2.45, 2.75) is 17.7 Å². The maximum atomic E-state index is 13.0. The second-order valence-corrected chi connectivity index (χ2v) is 8.90.